The highest BCUT2D eigenvalue weighted by Crippen LogP contribution is 2.16. The Hall–Kier alpha value is -1.69. The van der Waals surface area contributed by atoms with Crippen LogP contribution in [0.5, 0.6) is 0 Å². The average molecular weight is 240 g/mol. The summed E-state index contributed by atoms with van der Waals surface area (Å²) in [6, 6.07) is 1.39. The van der Waals surface area contributed by atoms with E-state index in [4.69, 9.17) is 5.84 Å². The molecule has 0 radical (unpaired) electrons. The normalized spacial score (nSPS) is 12.1. The largest absolute Gasteiger partial charge is 0.339 e. The van der Waals surface area contributed by atoms with E-state index in [2.05, 4.69) is 10.4 Å². The van der Waals surface area contributed by atoms with Crippen LogP contribution in [0.25, 0.3) is 0 Å². The number of rotatable bonds is 4. The summed E-state index contributed by atoms with van der Waals surface area (Å²) in [7, 11) is 1.64. The van der Waals surface area contributed by atoms with Gasteiger partial charge < -0.3 is 10.3 Å². The number of hydrogen-bond acceptors (Lipinski definition) is 4. The number of hydrogen-bond donors (Lipinski definition) is 2. The number of nitrogens with two attached hydrogens (primary N) is 1. The van der Waals surface area contributed by atoms with Crippen LogP contribution in [0.3, 0.4) is 0 Å². The Morgan fingerprint density at radius 3 is 2.88 bits per heavy atom. The second-order valence-corrected chi connectivity index (χ2v) is 3.84. The number of amides is 1. The lowest BCUT2D eigenvalue weighted by atomic mass is 10.1. The van der Waals surface area contributed by atoms with Crippen molar-refractivity contribution < 1.29 is 9.18 Å². The van der Waals surface area contributed by atoms with Crippen molar-refractivity contribution in [1.82, 2.24) is 9.88 Å². The van der Waals surface area contributed by atoms with Crippen molar-refractivity contribution in [2.45, 2.75) is 26.3 Å². The van der Waals surface area contributed by atoms with E-state index in [1.54, 1.807) is 7.05 Å². The molecule has 0 aromatic carbocycles. The summed E-state index contributed by atoms with van der Waals surface area (Å²) in [4.78, 5) is 17.2. The van der Waals surface area contributed by atoms with Crippen molar-refractivity contribution >= 4 is 11.7 Å². The number of nitrogens with one attached hydrogen (secondary N) is 1. The minimum atomic E-state index is -0.727. The first-order valence-corrected chi connectivity index (χ1v) is 5.41. The van der Waals surface area contributed by atoms with Gasteiger partial charge in [0.15, 0.2) is 11.6 Å². The van der Waals surface area contributed by atoms with Crippen LogP contribution in [-0.4, -0.2) is 28.9 Å². The summed E-state index contributed by atoms with van der Waals surface area (Å²) in [5.41, 5.74) is 2.08. The van der Waals surface area contributed by atoms with Gasteiger partial charge in [-0.15, -0.1) is 0 Å². The molecule has 0 spiro atoms. The van der Waals surface area contributed by atoms with Gasteiger partial charge in [0.05, 0.1) is 5.56 Å². The zero-order valence-electron chi connectivity index (χ0n) is 10.2. The number of carbonyl (C=O) groups is 1. The standard InChI is InChI=1S/C11H17FN4O/c1-4-7(2)16(3)11(17)8-5-6-14-10(15-13)9(8)12/h5-7H,4,13H2,1-3H3,(H,14,15). The Balaban J connectivity index is 3.04. The average Bonchev–Trinajstić information content (AvgIpc) is 2.36. The molecule has 0 aliphatic heterocycles. The van der Waals surface area contributed by atoms with Gasteiger partial charge in [-0.3, -0.25) is 4.79 Å². The molecule has 94 valence electrons. The van der Waals surface area contributed by atoms with Crippen molar-refractivity contribution in [3.05, 3.63) is 23.6 Å². The van der Waals surface area contributed by atoms with Crippen molar-refractivity contribution in [1.29, 1.82) is 0 Å². The Labute approximate surface area is 99.8 Å². The summed E-state index contributed by atoms with van der Waals surface area (Å²) in [5.74, 6) is 3.87. The van der Waals surface area contributed by atoms with Crippen molar-refractivity contribution in [2.75, 3.05) is 12.5 Å². The maximum absolute atomic E-state index is 13.8. The van der Waals surface area contributed by atoms with Gasteiger partial charge in [-0.1, -0.05) is 6.92 Å². The Bertz CT molecular complexity index is 410. The van der Waals surface area contributed by atoms with Crippen LogP contribution in [0, 0.1) is 5.82 Å². The topological polar surface area (TPSA) is 71.2 Å². The maximum Gasteiger partial charge on any atom is 0.257 e. The minimum Gasteiger partial charge on any atom is -0.339 e. The summed E-state index contributed by atoms with van der Waals surface area (Å²) in [6.07, 6.45) is 2.15. The number of nitrogens with zero attached hydrogens (tertiary/aromatic N) is 2. The monoisotopic (exact) mass is 240 g/mol. The first kappa shape index (κ1) is 13.4. The lowest BCUT2D eigenvalue weighted by molar-refractivity contribution is 0.0736. The molecular formula is C11H17FN4O. The molecule has 1 heterocycles. The van der Waals surface area contributed by atoms with Gasteiger partial charge in [0, 0.05) is 19.3 Å². The molecule has 0 saturated carbocycles. The molecule has 1 amide bonds. The van der Waals surface area contributed by atoms with Crippen LogP contribution < -0.4 is 11.3 Å². The number of carbonyl (C=O) groups excluding carboxylic acids is 1. The number of hydrazine groups is 1. The molecule has 0 bridgehead atoms. The first-order valence-electron chi connectivity index (χ1n) is 5.41. The van der Waals surface area contributed by atoms with Crippen LogP contribution in [0.1, 0.15) is 30.6 Å². The Morgan fingerprint density at radius 1 is 1.71 bits per heavy atom. The Morgan fingerprint density at radius 2 is 2.35 bits per heavy atom. The van der Waals surface area contributed by atoms with E-state index in [1.165, 1.54) is 17.2 Å². The molecule has 5 nitrogen and oxygen atoms in total. The molecule has 3 N–H and O–H groups in total. The molecule has 0 aliphatic rings. The first-order chi connectivity index (χ1) is 8.02. The number of halogens is 1. The third kappa shape index (κ3) is 2.71. The zero-order valence-corrected chi connectivity index (χ0v) is 10.2. The smallest absolute Gasteiger partial charge is 0.257 e. The Kier molecular flexibility index (Phi) is 4.39. The van der Waals surface area contributed by atoms with E-state index < -0.39 is 5.82 Å². The molecule has 1 unspecified atom stereocenters. The van der Waals surface area contributed by atoms with E-state index >= 15 is 0 Å². The molecule has 1 atom stereocenters. The molecule has 6 heteroatoms. The molecular weight excluding hydrogens is 223 g/mol. The molecule has 0 fully saturated rings. The van der Waals surface area contributed by atoms with E-state index in [9.17, 15) is 9.18 Å². The maximum atomic E-state index is 13.8. The van der Waals surface area contributed by atoms with Crippen molar-refractivity contribution in [3.63, 3.8) is 0 Å². The van der Waals surface area contributed by atoms with Gasteiger partial charge in [0.25, 0.3) is 5.91 Å². The van der Waals surface area contributed by atoms with Crippen LogP contribution >= 0.6 is 0 Å². The van der Waals surface area contributed by atoms with Crippen LogP contribution in [0.4, 0.5) is 10.2 Å². The molecule has 17 heavy (non-hydrogen) atoms. The molecule has 1 aromatic heterocycles. The van der Waals surface area contributed by atoms with Gasteiger partial charge in [-0.25, -0.2) is 15.2 Å². The van der Waals surface area contributed by atoms with Crippen LogP contribution in [0.2, 0.25) is 0 Å². The van der Waals surface area contributed by atoms with Crippen LogP contribution in [0.15, 0.2) is 12.3 Å². The highest BCUT2D eigenvalue weighted by Gasteiger charge is 2.21. The molecule has 0 saturated heterocycles. The zero-order chi connectivity index (χ0) is 13.0. The third-order valence-electron chi connectivity index (χ3n) is 2.83. The highest BCUT2D eigenvalue weighted by molar-refractivity contribution is 5.95. The quantitative estimate of drug-likeness (QED) is 0.616. The van der Waals surface area contributed by atoms with E-state index in [-0.39, 0.29) is 23.3 Å². The fourth-order valence-electron chi connectivity index (χ4n) is 1.37. The van der Waals surface area contributed by atoms with E-state index in [0.29, 0.717) is 0 Å². The van der Waals surface area contributed by atoms with Crippen LogP contribution in [-0.2, 0) is 0 Å². The second kappa shape index (κ2) is 5.58. The predicted molar refractivity (Wildman–Crippen MR) is 63.9 cm³/mol. The molecule has 1 aromatic rings. The summed E-state index contributed by atoms with van der Waals surface area (Å²) >= 11 is 0. The van der Waals surface area contributed by atoms with Gasteiger partial charge in [-0.05, 0) is 19.4 Å². The number of pyridine rings is 1. The summed E-state index contributed by atoms with van der Waals surface area (Å²) < 4.78 is 13.8. The number of aromatic nitrogens is 1. The molecule has 0 aliphatic carbocycles. The van der Waals surface area contributed by atoms with Gasteiger partial charge >= 0.3 is 0 Å². The van der Waals surface area contributed by atoms with Crippen molar-refractivity contribution in [2.24, 2.45) is 5.84 Å². The van der Waals surface area contributed by atoms with Gasteiger partial charge in [-0.2, -0.15) is 0 Å². The van der Waals surface area contributed by atoms with E-state index in [1.807, 2.05) is 13.8 Å². The van der Waals surface area contributed by atoms with Gasteiger partial charge in [0.1, 0.15) is 0 Å². The molecule has 1 rings (SSSR count). The summed E-state index contributed by atoms with van der Waals surface area (Å²) in [6.45, 7) is 3.86. The SMILES string of the molecule is CCC(C)N(C)C(=O)c1ccnc(NN)c1F. The number of nitrogen functional groups attached to an aromatic ring is 1. The lowest BCUT2D eigenvalue weighted by Crippen LogP contribution is -2.35. The highest BCUT2D eigenvalue weighted by atomic mass is 19.1. The summed E-state index contributed by atoms with van der Waals surface area (Å²) in [5, 5.41) is 0. The third-order valence-corrected chi connectivity index (χ3v) is 2.83. The predicted octanol–water partition coefficient (Wildman–Crippen LogP) is 1.38. The lowest BCUT2D eigenvalue weighted by Gasteiger charge is -2.24. The van der Waals surface area contributed by atoms with Gasteiger partial charge in [0.2, 0.25) is 0 Å². The fraction of sp³-hybridized carbons (Fsp3) is 0.455. The van der Waals surface area contributed by atoms with Crippen molar-refractivity contribution in [3.8, 4) is 0 Å². The number of anilines is 1. The van der Waals surface area contributed by atoms with E-state index in [0.717, 1.165) is 6.42 Å². The fourth-order valence-corrected chi connectivity index (χ4v) is 1.37. The minimum absolute atomic E-state index is 0.0317. The second-order valence-electron chi connectivity index (χ2n) is 3.84.